The molecular weight excluding hydrogens is 170 g/mol. The van der Waals surface area contributed by atoms with Crippen LogP contribution in [0.2, 0.25) is 0 Å². The van der Waals surface area contributed by atoms with Gasteiger partial charge in [-0.3, -0.25) is 4.79 Å². The van der Waals surface area contributed by atoms with Crippen molar-refractivity contribution < 1.29 is 9.53 Å². The number of carbonyl (C=O) groups is 1. The summed E-state index contributed by atoms with van der Waals surface area (Å²) < 4.78 is 6.18. The Balaban J connectivity index is 2.64. The van der Waals surface area contributed by atoms with Crippen LogP contribution >= 0.6 is 0 Å². The van der Waals surface area contributed by atoms with Gasteiger partial charge in [-0.15, -0.1) is 0 Å². The Morgan fingerprint density at radius 1 is 1.77 bits per heavy atom. The Hall–Kier alpha value is -1.52. The minimum absolute atomic E-state index is 0.0769. The van der Waals surface area contributed by atoms with Crippen molar-refractivity contribution >= 4 is 11.8 Å². The van der Waals surface area contributed by atoms with Gasteiger partial charge in [-0.1, -0.05) is 0 Å². The van der Waals surface area contributed by atoms with Crippen LogP contribution in [0.15, 0.2) is 6.20 Å². The largest absolute Gasteiger partial charge is 0.465 e. The van der Waals surface area contributed by atoms with Crippen LogP contribution in [-0.4, -0.2) is 22.4 Å². The van der Waals surface area contributed by atoms with Gasteiger partial charge in [-0.2, -0.15) is 5.10 Å². The van der Waals surface area contributed by atoms with Crippen molar-refractivity contribution in [3.8, 4) is 0 Å². The number of aryl methyl sites for hydroxylation is 1. The molecule has 0 fully saturated rings. The number of ether oxygens (including phenoxy) is 1. The van der Waals surface area contributed by atoms with E-state index in [1.165, 1.54) is 4.68 Å². The average Bonchev–Trinajstić information content (AvgIpc) is 2.37. The molecule has 1 heterocycles. The molecule has 1 aromatic rings. The molecule has 0 spiro atoms. The number of nitrogens with zero attached hydrogens (tertiary/aromatic N) is 2. The predicted octanol–water partition coefficient (Wildman–Crippen LogP) is 0.337. The van der Waals surface area contributed by atoms with E-state index in [2.05, 4.69) is 5.10 Å². The number of nitrogens with two attached hydrogens (primary N) is 1. The predicted molar refractivity (Wildman–Crippen MR) is 48.0 cm³/mol. The van der Waals surface area contributed by atoms with Crippen LogP contribution in [0.1, 0.15) is 12.5 Å². The highest BCUT2D eigenvalue weighted by molar-refractivity contribution is 5.69. The van der Waals surface area contributed by atoms with E-state index < -0.39 is 0 Å². The monoisotopic (exact) mass is 183 g/mol. The van der Waals surface area contributed by atoms with Crippen molar-refractivity contribution in [1.29, 1.82) is 0 Å². The first-order chi connectivity index (χ1) is 6.15. The second kappa shape index (κ2) is 3.93. The average molecular weight is 183 g/mol. The van der Waals surface area contributed by atoms with Gasteiger partial charge in [-0.25, -0.2) is 4.68 Å². The quantitative estimate of drug-likeness (QED) is 0.686. The highest BCUT2D eigenvalue weighted by Gasteiger charge is 2.08. The van der Waals surface area contributed by atoms with Crippen LogP contribution in [0.25, 0.3) is 0 Å². The lowest BCUT2D eigenvalue weighted by Crippen LogP contribution is -2.16. The van der Waals surface area contributed by atoms with Crippen LogP contribution in [0.3, 0.4) is 0 Å². The molecule has 0 unspecified atom stereocenters. The van der Waals surface area contributed by atoms with E-state index in [9.17, 15) is 4.79 Å². The van der Waals surface area contributed by atoms with Crippen LogP contribution in [-0.2, 0) is 16.1 Å². The number of nitrogen functional groups attached to an aromatic ring is 1. The van der Waals surface area contributed by atoms with E-state index in [1.54, 1.807) is 13.1 Å². The summed E-state index contributed by atoms with van der Waals surface area (Å²) in [5.74, 6) is 0.186. The van der Waals surface area contributed by atoms with E-state index in [4.69, 9.17) is 10.5 Å². The zero-order chi connectivity index (χ0) is 9.84. The molecular formula is C8H13N3O2. The smallest absolute Gasteiger partial charge is 0.327 e. The second-order valence-electron chi connectivity index (χ2n) is 2.68. The van der Waals surface area contributed by atoms with Gasteiger partial charge in [0.1, 0.15) is 12.4 Å². The molecule has 13 heavy (non-hydrogen) atoms. The van der Waals surface area contributed by atoms with Crippen molar-refractivity contribution in [3.63, 3.8) is 0 Å². The Morgan fingerprint density at radius 3 is 2.92 bits per heavy atom. The van der Waals surface area contributed by atoms with Crippen molar-refractivity contribution in [1.82, 2.24) is 9.78 Å². The minimum Gasteiger partial charge on any atom is -0.465 e. The zero-order valence-corrected chi connectivity index (χ0v) is 7.78. The normalized spacial score (nSPS) is 10.0. The maximum Gasteiger partial charge on any atom is 0.327 e. The molecule has 0 aliphatic carbocycles. The van der Waals surface area contributed by atoms with E-state index >= 15 is 0 Å². The van der Waals surface area contributed by atoms with E-state index in [0.717, 1.165) is 5.56 Å². The molecule has 0 aliphatic heterocycles. The minimum atomic E-state index is -0.322. The summed E-state index contributed by atoms with van der Waals surface area (Å²) in [5, 5.41) is 3.93. The number of hydrogen-bond donors (Lipinski definition) is 1. The Kier molecular flexibility index (Phi) is 2.89. The van der Waals surface area contributed by atoms with E-state index in [-0.39, 0.29) is 12.5 Å². The molecule has 0 radical (unpaired) electrons. The van der Waals surface area contributed by atoms with Crippen LogP contribution in [0, 0.1) is 6.92 Å². The molecule has 1 rings (SSSR count). The molecule has 0 aromatic carbocycles. The summed E-state index contributed by atoms with van der Waals surface area (Å²) >= 11 is 0. The molecule has 0 bridgehead atoms. The van der Waals surface area contributed by atoms with Crippen LogP contribution in [0.4, 0.5) is 5.82 Å². The fourth-order valence-electron chi connectivity index (χ4n) is 0.943. The number of carbonyl (C=O) groups excluding carboxylic acids is 1. The maximum atomic E-state index is 11.0. The van der Waals surface area contributed by atoms with Crippen LogP contribution < -0.4 is 5.73 Å². The third-order valence-electron chi connectivity index (χ3n) is 1.66. The Labute approximate surface area is 76.5 Å². The van der Waals surface area contributed by atoms with Crippen LogP contribution in [0.5, 0.6) is 0 Å². The SMILES string of the molecule is CCOC(=O)Cn1ncc(C)c1N. The van der Waals surface area contributed by atoms with Gasteiger partial charge in [-0.05, 0) is 13.8 Å². The maximum absolute atomic E-state index is 11.0. The number of esters is 1. The number of aromatic nitrogens is 2. The van der Waals surface area contributed by atoms with Crippen molar-refractivity contribution in [3.05, 3.63) is 11.8 Å². The van der Waals surface area contributed by atoms with Crippen molar-refractivity contribution in [2.75, 3.05) is 12.3 Å². The third kappa shape index (κ3) is 2.21. The van der Waals surface area contributed by atoms with Crippen molar-refractivity contribution in [2.45, 2.75) is 20.4 Å². The van der Waals surface area contributed by atoms with Gasteiger partial charge in [0.05, 0.1) is 12.8 Å². The first kappa shape index (κ1) is 9.57. The highest BCUT2D eigenvalue weighted by Crippen LogP contribution is 2.08. The third-order valence-corrected chi connectivity index (χ3v) is 1.66. The summed E-state index contributed by atoms with van der Waals surface area (Å²) in [7, 11) is 0. The summed E-state index contributed by atoms with van der Waals surface area (Å²) in [6.45, 7) is 4.05. The lowest BCUT2D eigenvalue weighted by Gasteiger charge is -2.03. The lowest BCUT2D eigenvalue weighted by molar-refractivity contribution is -0.143. The molecule has 2 N–H and O–H groups in total. The van der Waals surface area contributed by atoms with Gasteiger partial charge < -0.3 is 10.5 Å². The molecule has 0 amide bonds. The molecule has 0 atom stereocenters. The topological polar surface area (TPSA) is 70.1 Å². The molecule has 0 aliphatic rings. The first-order valence-corrected chi connectivity index (χ1v) is 4.08. The van der Waals surface area contributed by atoms with Gasteiger partial charge in [0, 0.05) is 5.56 Å². The Bertz CT molecular complexity index is 306. The standard InChI is InChI=1S/C8H13N3O2/c1-3-13-7(12)5-11-8(9)6(2)4-10-11/h4H,3,5,9H2,1-2H3. The van der Waals surface area contributed by atoms with Gasteiger partial charge in [0.25, 0.3) is 0 Å². The first-order valence-electron chi connectivity index (χ1n) is 4.08. The van der Waals surface area contributed by atoms with E-state index in [0.29, 0.717) is 12.4 Å². The number of hydrogen-bond acceptors (Lipinski definition) is 4. The Morgan fingerprint density at radius 2 is 2.46 bits per heavy atom. The summed E-state index contributed by atoms with van der Waals surface area (Å²) in [6.07, 6.45) is 1.62. The molecule has 72 valence electrons. The molecule has 1 aromatic heterocycles. The van der Waals surface area contributed by atoms with Crippen molar-refractivity contribution in [2.24, 2.45) is 0 Å². The molecule has 0 saturated heterocycles. The highest BCUT2D eigenvalue weighted by atomic mass is 16.5. The van der Waals surface area contributed by atoms with Gasteiger partial charge in [0.2, 0.25) is 0 Å². The summed E-state index contributed by atoms with van der Waals surface area (Å²) in [5.41, 5.74) is 6.50. The molecule has 5 nitrogen and oxygen atoms in total. The zero-order valence-electron chi connectivity index (χ0n) is 7.78. The second-order valence-corrected chi connectivity index (χ2v) is 2.68. The van der Waals surface area contributed by atoms with Gasteiger partial charge in [0.15, 0.2) is 0 Å². The lowest BCUT2D eigenvalue weighted by atomic mass is 10.4. The fraction of sp³-hybridized carbons (Fsp3) is 0.500. The fourth-order valence-corrected chi connectivity index (χ4v) is 0.943. The van der Waals surface area contributed by atoms with E-state index in [1.807, 2.05) is 6.92 Å². The molecule has 0 saturated carbocycles. The molecule has 5 heteroatoms. The summed E-state index contributed by atoms with van der Waals surface area (Å²) in [6, 6.07) is 0. The number of anilines is 1. The summed E-state index contributed by atoms with van der Waals surface area (Å²) in [4.78, 5) is 11.0. The van der Waals surface area contributed by atoms with Gasteiger partial charge >= 0.3 is 5.97 Å². The number of rotatable bonds is 3.